The van der Waals surface area contributed by atoms with E-state index in [1.807, 2.05) is 18.2 Å². The molecule has 1 aromatic rings. The van der Waals surface area contributed by atoms with E-state index < -0.39 is 37.3 Å². The summed E-state index contributed by atoms with van der Waals surface area (Å²) in [6, 6.07) is 7.59. The topological polar surface area (TPSA) is 99.4 Å². The molecule has 1 aliphatic heterocycles. The zero-order chi connectivity index (χ0) is 23.9. The summed E-state index contributed by atoms with van der Waals surface area (Å²) in [4.78, 5) is 0. The molecule has 0 amide bonds. The molecule has 0 unspecified atom stereocenters. The molecular weight excluding hydrogens is 420 g/mol. The van der Waals surface area contributed by atoms with Crippen molar-refractivity contribution < 1.29 is 29.9 Å². The van der Waals surface area contributed by atoms with Gasteiger partial charge in [0.05, 0.1) is 6.61 Å². The van der Waals surface area contributed by atoms with Crippen LogP contribution < -0.4 is 4.74 Å². The van der Waals surface area contributed by atoms with Gasteiger partial charge in [-0.1, -0.05) is 69.0 Å². The second-order valence-electron chi connectivity index (χ2n) is 8.74. The van der Waals surface area contributed by atoms with Crippen LogP contribution in [-0.4, -0.2) is 57.7 Å². The quantitative estimate of drug-likeness (QED) is 0.232. The van der Waals surface area contributed by atoms with E-state index in [2.05, 4.69) is 31.2 Å². The minimum atomic E-state index is -1.44. The number of hydrogen-bond donors (Lipinski definition) is 4. The van der Waals surface area contributed by atoms with Crippen molar-refractivity contribution in [2.24, 2.45) is 0 Å². The maximum absolute atomic E-state index is 10.1. The maximum Gasteiger partial charge on any atom is 0.229 e. The lowest BCUT2D eigenvalue weighted by atomic mass is 9.99. The number of aliphatic hydroxyl groups is 4. The van der Waals surface area contributed by atoms with E-state index in [1.54, 1.807) is 6.07 Å². The maximum atomic E-state index is 10.1. The highest BCUT2D eigenvalue weighted by Crippen LogP contribution is 2.25. The zero-order valence-corrected chi connectivity index (χ0v) is 19.9. The summed E-state index contributed by atoms with van der Waals surface area (Å²) in [5.74, 6) is 0.521. The molecule has 0 radical (unpaired) electrons. The summed E-state index contributed by atoms with van der Waals surface area (Å²) < 4.78 is 11.1. The van der Waals surface area contributed by atoms with E-state index in [0.717, 1.165) is 31.2 Å². The Morgan fingerprint density at radius 2 is 1.61 bits per heavy atom. The molecule has 5 atom stereocenters. The number of aryl methyl sites for hydroxylation is 1. The van der Waals surface area contributed by atoms with Gasteiger partial charge in [-0.15, -0.1) is 0 Å². The Morgan fingerprint density at radius 1 is 0.879 bits per heavy atom. The number of rotatable bonds is 15. The Balaban J connectivity index is 1.63. The molecule has 4 N–H and O–H groups in total. The Morgan fingerprint density at radius 3 is 2.36 bits per heavy atom. The third kappa shape index (κ3) is 9.98. The van der Waals surface area contributed by atoms with Gasteiger partial charge in [-0.05, 0) is 56.2 Å². The first-order valence-electron chi connectivity index (χ1n) is 12.4. The van der Waals surface area contributed by atoms with E-state index in [0.29, 0.717) is 5.75 Å². The number of unbranched alkanes of at least 4 members (excludes halogenated alkanes) is 6. The molecule has 0 spiro atoms. The molecule has 6 nitrogen and oxygen atoms in total. The normalized spacial score (nSPS) is 25.8. The fourth-order valence-electron chi connectivity index (χ4n) is 3.87. The van der Waals surface area contributed by atoms with Gasteiger partial charge in [0.25, 0.3) is 0 Å². The van der Waals surface area contributed by atoms with Gasteiger partial charge in [0, 0.05) is 0 Å². The van der Waals surface area contributed by atoms with E-state index in [-0.39, 0.29) is 0 Å². The van der Waals surface area contributed by atoms with Crippen molar-refractivity contribution in [2.45, 2.75) is 102 Å². The van der Waals surface area contributed by atoms with Crippen molar-refractivity contribution in [3.8, 4) is 5.75 Å². The third-order valence-corrected chi connectivity index (χ3v) is 5.90. The lowest BCUT2D eigenvalue weighted by Gasteiger charge is -2.39. The van der Waals surface area contributed by atoms with Gasteiger partial charge in [-0.2, -0.15) is 0 Å². The van der Waals surface area contributed by atoms with Gasteiger partial charge in [-0.3, -0.25) is 0 Å². The molecule has 186 valence electrons. The highest BCUT2D eigenvalue weighted by molar-refractivity contribution is 5.28. The van der Waals surface area contributed by atoms with Crippen molar-refractivity contribution in [1.82, 2.24) is 0 Å². The lowest BCUT2D eigenvalue weighted by molar-refractivity contribution is -0.277. The van der Waals surface area contributed by atoms with Crippen LogP contribution in [0.5, 0.6) is 5.75 Å². The average Bonchev–Trinajstić information content (AvgIpc) is 2.82. The van der Waals surface area contributed by atoms with Crippen LogP contribution in [0, 0.1) is 0 Å². The van der Waals surface area contributed by atoms with Gasteiger partial charge in [0.1, 0.15) is 30.2 Å². The summed E-state index contributed by atoms with van der Waals surface area (Å²) in [5.41, 5.74) is 1.14. The molecule has 0 aromatic heterocycles. The number of hydrogen-bond acceptors (Lipinski definition) is 6. The second kappa shape index (κ2) is 16.0. The minimum absolute atomic E-state index is 0.475. The van der Waals surface area contributed by atoms with Crippen molar-refractivity contribution >= 4 is 0 Å². The van der Waals surface area contributed by atoms with E-state index >= 15 is 0 Å². The first-order valence-corrected chi connectivity index (χ1v) is 12.4. The summed E-state index contributed by atoms with van der Waals surface area (Å²) in [6.07, 6.45) is 14.2. The summed E-state index contributed by atoms with van der Waals surface area (Å²) in [7, 11) is 0. The van der Waals surface area contributed by atoms with Crippen LogP contribution in [0.3, 0.4) is 0 Å². The molecule has 33 heavy (non-hydrogen) atoms. The minimum Gasteiger partial charge on any atom is -0.462 e. The van der Waals surface area contributed by atoms with E-state index in [9.17, 15) is 20.4 Å². The molecule has 1 aromatic carbocycles. The van der Waals surface area contributed by atoms with E-state index in [4.69, 9.17) is 9.47 Å². The second-order valence-corrected chi connectivity index (χ2v) is 8.74. The predicted molar refractivity (Wildman–Crippen MR) is 130 cm³/mol. The molecule has 1 fully saturated rings. The average molecular weight is 463 g/mol. The Labute approximate surface area is 198 Å². The Bertz CT molecular complexity index is 702. The van der Waals surface area contributed by atoms with Crippen LogP contribution in [-0.2, 0) is 11.2 Å². The molecule has 2 rings (SSSR count). The summed E-state index contributed by atoms with van der Waals surface area (Å²) >= 11 is 0. The van der Waals surface area contributed by atoms with Crippen LogP contribution in [0.15, 0.2) is 48.6 Å². The Hall–Kier alpha value is -1.70. The van der Waals surface area contributed by atoms with Gasteiger partial charge in [0.2, 0.25) is 6.29 Å². The summed E-state index contributed by atoms with van der Waals surface area (Å²) in [6.45, 7) is 1.72. The highest BCUT2D eigenvalue weighted by Gasteiger charge is 2.44. The number of aliphatic hydroxyl groups excluding tert-OH is 4. The largest absolute Gasteiger partial charge is 0.462 e. The van der Waals surface area contributed by atoms with Gasteiger partial charge < -0.3 is 29.9 Å². The predicted octanol–water partition coefficient (Wildman–Crippen LogP) is 4.05. The molecule has 0 aliphatic carbocycles. The molecule has 6 heteroatoms. The SMILES string of the molecule is CCC/C=C/C/C=C/CCCCCCCc1cccc(O[C@@H]2O[C@H](CO)[C@@H](O)[C@H](O)[C@H]2O)c1. The van der Waals surface area contributed by atoms with E-state index in [1.165, 1.54) is 38.5 Å². The van der Waals surface area contributed by atoms with Crippen molar-refractivity contribution in [2.75, 3.05) is 6.61 Å². The van der Waals surface area contributed by atoms with Crippen molar-refractivity contribution in [1.29, 1.82) is 0 Å². The standard InChI is InChI=1S/C27H42O6/c1-2-3-4-5-6-7-8-9-10-11-12-13-14-16-21-17-15-18-22(19-21)32-27-26(31)25(30)24(29)23(20-28)33-27/h4-5,7-8,15,17-19,23-31H,2-3,6,9-14,16,20H2,1H3/b5-4+,8-7+/t23-,24-,25+,26-,27-/m1/s1. The Kier molecular flexibility index (Phi) is 13.4. The number of benzene rings is 1. The van der Waals surface area contributed by atoms with Gasteiger partial charge >= 0.3 is 0 Å². The highest BCUT2D eigenvalue weighted by atomic mass is 16.7. The monoisotopic (exact) mass is 462 g/mol. The molecule has 1 aliphatic rings. The smallest absolute Gasteiger partial charge is 0.229 e. The molecule has 0 saturated carbocycles. The lowest BCUT2D eigenvalue weighted by Crippen LogP contribution is -2.60. The fourth-order valence-corrected chi connectivity index (χ4v) is 3.87. The first kappa shape index (κ1) is 27.5. The number of ether oxygens (including phenoxy) is 2. The fraction of sp³-hybridized carbons (Fsp3) is 0.630. The van der Waals surface area contributed by atoms with Crippen LogP contribution >= 0.6 is 0 Å². The third-order valence-electron chi connectivity index (χ3n) is 5.90. The molecule has 1 saturated heterocycles. The molecule has 0 bridgehead atoms. The zero-order valence-electron chi connectivity index (χ0n) is 19.9. The van der Waals surface area contributed by atoms with Crippen molar-refractivity contribution in [3.63, 3.8) is 0 Å². The molecule has 1 heterocycles. The van der Waals surface area contributed by atoms with Crippen LogP contribution in [0.4, 0.5) is 0 Å². The van der Waals surface area contributed by atoms with Crippen LogP contribution in [0.1, 0.15) is 70.3 Å². The first-order chi connectivity index (χ1) is 16.1. The van der Waals surface area contributed by atoms with Crippen LogP contribution in [0.25, 0.3) is 0 Å². The van der Waals surface area contributed by atoms with Crippen LogP contribution in [0.2, 0.25) is 0 Å². The van der Waals surface area contributed by atoms with Gasteiger partial charge in [0.15, 0.2) is 0 Å². The van der Waals surface area contributed by atoms with Gasteiger partial charge in [-0.25, -0.2) is 0 Å². The summed E-state index contributed by atoms with van der Waals surface area (Å²) in [5, 5.41) is 39.2. The molecular formula is C27H42O6. The number of allylic oxidation sites excluding steroid dienone is 4. The van der Waals surface area contributed by atoms with Crippen molar-refractivity contribution in [3.05, 3.63) is 54.1 Å².